The fourth-order valence-corrected chi connectivity index (χ4v) is 3.35. The lowest BCUT2D eigenvalue weighted by Gasteiger charge is -2.27. The van der Waals surface area contributed by atoms with Crippen molar-refractivity contribution in [2.75, 3.05) is 41.8 Å². The molecule has 1 fully saturated rings. The summed E-state index contributed by atoms with van der Waals surface area (Å²) < 4.78 is 5.35. The van der Waals surface area contributed by atoms with Crippen LogP contribution in [0.1, 0.15) is 20.7 Å². The molecule has 158 valence electrons. The Morgan fingerprint density at radius 3 is 2.35 bits per heavy atom. The molecule has 0 spiro atoms. The van der Waals surface area contributed by atoms with Gasteiger partial charge in [0, 0.05) is 30.5 Å². The highest BCUT2D eigenvalue weighted by molar-refractivity contribution is 6.34. The number of rotatable bonds is 5. The molecule has 0 radical (unpaired) electrons. The van der Waals surface area contributed by atoms with E-state index < -0.39 is 0 Å². The predicted octanol–water partition coefficient (Wildman–Crippen LogP) is 4.08. The van der Waals surface area contributed by atoms with Crippen LogP contribution in [0, 0.1) is 0 Å². The molecule has 1 aromatic heterocycles. The molecule has 0 aliphatic carbocycles. The summed E-state index contributed by atoms with van der Waals surface area (Å²) in [6, 6.07) is 17.3. The molecule has 0 unspecified atom stereocenters. The van der Waals surface area contributed by atoms with E-state index in [1.807, 2.05) is 12.1 Å². The Bertz CT molecular complexity index is 1070. The van der Waals surface area contributed by atoms with Crippen LogP contribution in [0.3, 0.4) is 0 Å². The first-order valence-corrected chi connectivity index (χ1v) is 10.2. The lowest BCUT2D eigenvalue weighted by Crippen LogP contribution is -2.36. The van der Waals surface area contributed by atoms with Gasteiger partial charge in [-0.1, -0.05) is 29.8 Å². The number of ether oxygens (including phenoxy) is 1. The number of nitrogens with zero attached hydrogens (tertiary/aromatic N) is 2. The molecule has 1 aliphatic rings. The van der Waals surface area contributed by atoms with E-state index in [9.17, 15) is 9.59 Å². The zero-order valence-electron chi connectivity index (χ0n) is 16.7. The van der Waals surface area contributed by atoms with Crippen LogP contribution >= 0.6 is 11.6 Å². The number of amides is 2. The van der Waals surface area contributed by atoms with Crippen LogP contribution in [0.2, 0.25) is 5.02 Å². The number of carbonyl (C=O) groups is 2. The van der Waals surface area contributed by atoms with Crippen molar-refractivity contribution in [2.24, 2.45) is 0 Å². The highest BCUT2D eigenvalue weighted by Crippen LogP contribution is 2.26. The molecule has 1 saturated heterocycles. The van der Waals surface area contributed by atoms with Crippen LogP contribution < -0.4 is 15.5 Å². The Kier molecular flexibility index (Phi) is 6.45. The van der Waals surface area contributed by atoms with Crippen molar-refractivity contribution < 1.29 is 14.3 Å². The number of anilines is 3. The van der Waals surface area contributed by atoms with E-state index in [-0.39, 0.29) is 11.8 Å². The molecule has 3 aromatic rings. The van der Waals surface area contributed by atoms with Gasteiger partial charge in [0.2, 0.25) is 0 Å². The summed E-state index contributed by atoms with van der Waals surface area (Å²) in [7, 11) is 0. The summed E-state index contributed by atoms with van der Waals surface area (Å²) in [6.07, 6.45) is 1.55. The first-order valence-electron chi connectivity index (χ1n) is 9.86. The van der Waals surface area contributed by atoms with Crippen LogP contribution in [0.4, 0.5) is 17.2 Å². The summed E-state index contributed by atoms with van der Waals surface area (Å²) in [5.41, 5.74) is 1.87. The van der Waals surface area contributed by atoms with Gasteiger partial charge in [-0.3, -0.25) is 9.59 Å². The maximum Gasteiger partial charge on any atom is 0.257 e. The van der Waals surface area contributed by atoms with E-state index in [4.69, 9.17) is 16.3 Å². The van der Waals surface area contributed by atoms with Gasteiger partial charge < -0.3 is 20.3 Å². The minimum absolute atomic E-state index is 0.283. The lowest BCUT2D eigenvalue weighted by atomic mass is 10.2. The summed E-state index contributed by atoms with van der Waals surface area (Å²) in [6.45, 7) is 2.90. The van der Waals surface area contributed by atoms with E-state index in [0.29, 0.717) is 40.7 Å². The average Bonchev–Trinajstić information content (AvgIpc) is 2.82. The van der Waals surface area contributed by atoms with E-state index in [0.717, 1.165) is 18.9 Å². The van der Waals surface area contributed by atoms with Gasteiger partial charge in [-0.2, -0.15) is 0 Å². The topological polar surface area (TPSA) is 83.6 Å². The largest absolute Gasteiger partial charge is 0.378 e. The van der Waals surface area contributed by atoms with Gasteiger partial charge >= 0.3 is 0 Å². The number of benzene rings is 2. The van der Waals surface area contributed by atoms with Crippen molar-refractivity contribution >= 4 is 40.6 Å². The quantitative estimate of drug-likeness (QED) is 0.629. The van der Waals surface area contributed by atoms with Crippen LogP contribution in [-0.4, -0.2) is 43.1 Å². The second-order valence-corrected chi connectivity index (χ2v) is 7.38. The Morgan fingerprint density at radius 2 is 1.65 bits per heavy atom. The number of hydrogen-bond donors (Lipinski definition) is 2. The molecule has 0 saturated carbocycles. The van der Waals surface area contributed by atoms with Crippen LogP contribution in [0.5, 0.6) is 0 Å². The molecule has 2 N–H and O–H groups in total. The number of nitrogens with one attached hydrogen (secondary N) is 2. The molecule has 8 heteroatoms. The van der Waals surface area contributed by atoms with Crippen LogP contribution in [0.15, 0.2) is 66.9 Å². The number of carbonyl (C=O) groups excluding carboxylic acids is 2. The van der Waals surface area contributed by atoms with E-state index >= 15 is 0 Å². The Morgan fingerprint density at radius 1 is 0.903 bits per heavy atom. The average molecular weight is 437 g/mol. The predicted molar refractivity (Wildman–Crippen MR) is 121 cm³/mol. The minimum Gasteiger partial charge on any atom is -0.378 e. The lowest BCUT2D eigenvalue weighted by molar-refractivity contribution is 0.101. The molecule has 1 aliphatic heterocycles. The van der Waals surface area contributed by atoms with Gasteiger partial charge in [-0.05, 0) is 42.5 Å². The van der Waals surface area contributed by atoms with E-state index in [1.165, 1.54) is 0 Å². The molecular formula is C23H21ClN4O3. The minimum atomic E-state index is -0.302. The van der Waals surface area contributed by atoms with Gasteiger partial charge in [0.15, 0.2) is 0 Å². The van der Waals surface area contributed by atoms with Gasteiger partial charge in [0.25, 0.3) is 11.8 Å². The number of morpholine rings is 1. The fourth-order valence-electron chi connectivity index (χ4n) is 3.19. The zero-order chi connectivity index (χ0) is 21.6. The van der Waals surface area contributed by atoms with Crippen molar-refractivity contribution in [1.29, 1.82) is 0 Å². The molecular weight excluding hydrogens is 416 g/mol. The molecule has 0 bridgehead atoms. The van der Waals surface area contributed by atoms with E-state index in [2.05, 4.69) is 20.5 Å². The normalized spacial score (nSPS) is 13.5. The zero-order valence-corrected chi connectivity index (χ0v) is 17.4. The maximum absolute atomic E-state index is 12.6. The highest BCUT2D eigenvalue weighted by atomic mass is 35.5. The molecule has 2 heterocycles. The Balaban J connectivity index is 1.43. The summed E-state index contributed by atoms with van der Waals surface area (Å²) in [4.78, 5) is 31.6. The fraction of sp³-hybridized carbons (Fsp3) is 0.174. The summed E-state index contributed by atoms with van der Waals surface area (Å²) in [5.74, 6) is 0.231. The van der Waals surface area contributed by atoms with Crippen LogP contribution in [0.25, 0.3) is 0 Å². The number of aromatic nitrogens is 1. The summed E-state index contributed by atoms with van der Waals surface area (Å²) >= 11 is 6.22. The second-order valence-electron chi connectivity index (χ2n) is 6.97. The van der Waals surface area contributed by atoms with Crippen molar-refractivity contribution in [3.63, 3.8) is 0 Å². The third-order valence-electron chi connectivity index (χ3n) is 4.85. The van der Waals surface area contributed by atoms with Gasteiger partial charge in [-0.15, -0.1) is 0 Å². The molecule has 31 heavy (non-hydrogen) atoms. The maximum atomic E-state index is 12.6. The first kappa shape index (κ1) is 20.8. The number of halogens is 1. The molecule has 2 aromatic carbocycles. The van der Waals surface area contributed by atoms with Crippen molar-refractivity contribution in [2.45, 2.75) is 0 Å². The second kappa shape index (κ2) is 9.59. The molecule has 0 atom stereocenters. The van der Waals surface area contributed by atoms with Gasteiger partial charge in [-0.25, -0.2) is 4.98 Å². The monoisotopic (exact) mass is 436 g/mol. The molecule has 2 amide bonds. The number of pyridine rings is 1. The molecule has 4 rings (SSSR count). The van der Waals surface area contributed by atoms with Gasteiger partial charge in [0.05, 0.1) is 29.5 Å². The smallest absolute Gasteiger partial charge is 0.257 e. The van der Waals surface area contributed by atoms with Gasteiger partial charge in [0.1, 0.15) is 5.82 Å². The first-order chi connectivity index (χ1) is 15.1. The third kappa shape index (κ3) is 5.20. The van der Waals surface area contributed by atoms with E-state index in [1.54, 1.807) is 54.7 Å². The standard InChI is InChI=1S/C23H21ClN4O3/c24-19-8-7-18(14-20(19)27-22(29)16-4-2-1-3-5-16)26-23(30)17-6-9-21(25-15-17)28-10-12-31-13-11-28/h1-9,14-15H,10-13H2,(H,26,30)(H,27,29). The third-order valence-corrected chi connectivity index (χ3v) is 5.18. The van der Waals surface area contributed by atoms with Crippen molar-refractivity contribution in [3.8, 4) is 0 Å². The van der Waals surface area contributed by atoms with Crippen LogP contribution in [-0.2, 0) is 4.74 Å². The summed E-state index contributed by atoms with van der Waals surface area (Å²) in [5, 5.41) is 5.96. The number of hydrogen-bond acceptors (Lipinski definition) is 5. The van der Waals surface area contributed by atoms with Crippen molar-refractivity contribution in [1.82, 2.24) is 4.98 Å². The Labute approximate surface area is 185 Å². The molecule has 7 nitrogen and oxygen atoms in total. The SMILES string of the molecule is O=C(Nc1ccc(Cl)c(NC(=O)c2ccccc2)c1)c1ccc(N2CCOCC2)nc1. The van der Waals surface area contributed by atoms with Crippen molar-refractivity contribution in [3.05, 3.63) is 83.0 Å². The Hall–Kier alpha value is -3.42. The highest BCUT2D eigenvalue weighted by Gasteiger charge is 2.14.